The summed E-state index contributed by atoms with van der Waals surface area (Å²) in [6.07, 6.45) is 3.22. The fraction of sp³-hybridized carbons (Fsp3) is 0.133. The maximum Gasteiger partial charge on any atom is 0.323 e. The van der Waals surface area contributed by atoms with Gasteiger partial charge in [0.05, 0.1) is 6.42 Å². The van der Waals surface area contributed by atoms with Crippen LogP contribution in [0.25, 0.3) is 0 Å². The fourth-order valence-electron chi connectivity index (χ4n) is 1.86. The van der Waals surface area contributed by atoms with Crippen molar-refractivity contribution in [3.8, 4) is 5.75 Å². The molecule has 0 unspecified atom stereocenters. The Hall–Kier alpha value is -2.89. The maximum absolute atomic E-state index is 12.3. The van der Waals surface area contributed by atoms with Crippen molar-refractivity contribution in [3.63, 3.8) is 0 Å². The first kappa shape index (κ1) is 14.5. The molecule has 1 amide bonds. The lowest BCUT2D eigenvalue weighted by molar-refractivity contribution is -0.136. The van der Waals surface area contributed by atoms with Crippen LogP contribution in [0.5, 0.6) is 5.75 Å². The Morgan fingerprint density at radius 3 is 2.43 bits per heavy atom. The molecule has 2 N–H and O–H groups in total. The normalized spacial score (nSPS) is 10.1. The van der Waals surface area contributed by atoms with E-state index in [1.54, 1.807) is 24.5 Å². The van der Waals surface area contributed by atoms with E-state index < -0.39 is 12.5 Å². The monoisotopic (exact) mass is 286 g/mol. The van der Waals surface area contributed by atoms with Crippen LogP contribution in [0.2, 0.25) is 0 Å². The van der Waals surface area contributed by atoms with Gasteiger partial charge in [0.15, 0.2) is 0 Å². The van der Waals surface area contributed by atoms with Crippen molar-refractivity contribution in [2.24, 2.45) is 0 Å². The second-order valence-corrected chi connectivity index (χ2v) is 4.43. The van der Waals surface area contributed by atoms with Gasteiger partial charge in [-0.05, 0) is 35.9 Å². The van der Waals surface area contributed by atoms with Gasteiger partial charge in [-0.25, -0.2) is 0 Å². The van der Waals surface area contributed by atoms with Crippen LogP contribution in [-0.4, -0.2) is 33.6 Å². The van der Waals surface area contributed by atoms with Gasteiger partial charge in [0, 0.05) is 18.1 Å². The van der Waals surface area contributed by atoms with Crippen LogP contribution in [0.3, 0.4) is 0 Å². The summed E-state index contributed by atoms with van der Waals surface area (Å²) in [5.74, 6) is -1.41. The lowest BCUT2D eigenvalue weighted by atomic mass is 10.1. The standard InChI is InChI=1S/C15H14N2O4/c18-13-5-3-12(4-6-13)17(10-15(20)21)14(19)8-11-2-1-7-16-9-11/h1-7,9,18H,8,10H2,(H,20,21). The molecule has 1 aromatic carbocycles. The molecule has 21 heavy (non-hydrogen) atoms. The zero-order valence-electron chi connectivity index (χ0n) is 11.1. The highest BCUT2D eigenvalue weighted by molar-refractivity contribution is 5.98. The topological polar surface area (TPSA) is 90.7 Å². The Balaban J connectivity index is 2.21. The largest absolute Gasteiger partial charge is 0.508 e. The molecular weight excluding hydrogens is 272 g/mol. The highest BCUT2D eigenvalue weighted by atomic mass is 16.4. The van der Waals surface area contributed by atoms with Gasteiger partial charge in [0.25, 0.3) is 0 Å². The molecule has 2 rings (SSSR count). The number of amides is 1. The van der Waals surface area contributed by atoms with Crippen LogP contribution in [0.1, 0.15) is 5.56 Å². The smallest absolute Gasteiger partial charge is 0.323 e. The summed E-state index contributed by atoms with van der Waals surface area (Å²) in [4.78, 5) is 28.3. The average molecular weight is 286 g/mol. The summed E-state index contributed by atoms with van der Waals surface area (Å²) in [6.45, 7) is -0.441. The molecule has 1 heterocycles. The number of anilines is 1. The molecule has 0 aliphatic carbocycles. The number of aliphatic carboxylic acids is 1. The second kappa shape index (κ2) is 6.51. The molecule has 0 atom stereocenters. The summed E-state index contributed by atoms with van der Waals surface area (Å²) < 4.78 is 0. The number of nitrogens with zero attached hydrogens (tertiary/aromatic N) is 2. The van der Waals surface area contributed by atoms with Crippen molar-refractivity contribution in [2.45, 2.75) is 6.42 Å². The van der Waals surface area contributed by atoms with Crippen LogP contribution in [-0.2, 0) is 16.0 Å². The van der Waals surface area contributed by atoms with Crippen LogP contribution < -0.4 is 4.90 Å². The first-order chi connectivity index (χ1) is 10.1. The lowest BCUT2D eigenvalue weighted by Gasteiger charge is -2.21. The number of benzene rings is 1. The Kier molecular flexibility index (Phi) is 4.50. The highest BCUT2D eigenvalue weighted by Gasteiger charge is 2.19. The molecule has 1 aromatic heterocycles. The summed E-state index contributed by atoms with van der Waals surface area (Å²) in [5.41, 5.74) is 1.13. The van der Waals surface area contributed by atoms with E-state index >= 15 is 0 Å². The molecular formula is C15H14N2O4. The third kappa shape index (κ3) is 4.04. The molecule has 0 radical (unpaired) electrons. The van der Waals surface area contributed by atoms with Gasteiger partial charge in [-0.2, -0.15) is 0 Å². The van der Waals surface area contributed by atoms with Gasteiger partial charge in [-0.1, -0.05) is 6.07 Å². The van der Waals surface area contributed by atoms with Crippen LogP contribution >= 0.6 is 0 Å². The minimum absolute atomic E-state index is 0.0498. The zero-order valence-corrected chi connectivity index (χ0v) is 11.1. The molecule has 0 bridgehead atoms. The van der Waals surface area contributed by atoms with Crippen molar-refractivity contribution in [1.29, 1.82) is 0 Å². The summed E-state index contributed by atoms with van der Waals surface area (Å²) in [6, 6.07) is 9.27. The van der Waals surface area contributed by atoms with Crippen LogP contribution in [0.15, 0.2) is 48.8 Å². The fourth-order valence-corrected chi connectivity index (χ4v) is 1.86. The van der Waals surface area contributed by atoms with Crippen LogP contribution in [0, 0.1) is 0 Å². The van der Waals surface area contributed by atoms with Gasteiger partial charge < -0.3 is 15.1 Å². The first-order valence-electron chi connectivity index (χ1n) is 6.26. The number of phenols is 1. The average Bonchev–Trinajstić information content (AvgIpc) is 2.46. The molecule has 2 aromatic rings. The van der Waals surface area contributed by atoms with Crippen molar-refractivity contribution in [1.82, 2.24) is 4.98 Å². The number of aromatic nitrogens is 1. The Morgan fingerprint density at radius 1 is 1.14 bits per heavy atom. The molecule has 0 aliphatic heterocycles. The van der Waals surface area contributed by atoms with E-state index in [0.29, 0.717) is 11.3 Å². The summed E-state index contributed by atoms with van der Waals surface area (Å²) >= 11 is 0. The van der Waals surface area contributed by atoms with Crippen LogP contribution in [0.4, 0.5) is 5.69 Å². The molecule has 0 saturated carbocycles. The Labute approximate surface area is 121 Å². The van der Waals surface area contributed by atoms with Gasteiger partial charge in [0.1, 0.15) is 12.3 Å². The lowest BCUT2D eigenvalue weighted by Crippen LogP contribution is -2.36. The third-order valence-corrected chi connectivity index (χ3v) is 2.83. The highest BCUT2D eigenvalue weighted by Crippen LogP contribution is 2.19. The quantitative estimate of drug-likeness (QED) is 0.868. The van der Waals surface area contributed by atoms with E-state index in [4.69, 9.17) is 5.11 Å². The number of phenolic OH excluding ortho intramolecular Hbond substituents is 1. The molecule has 0 spiro atoms. The number of carboxylic acid groups (broad SMARTS) is 1. The van der Waals surface area contributed by atoms with E-state index in [0.717, 1.165) is 4.90 Å². The van der Waals surface area contributed by atoms with E-state index in [1.807, 2.05) is 0 Å². The number of hydrogen-bond donors (Lipinski definition) is 2. The second-order valence-electron chi connectivity index (χ2n) is 4.43. The van der Waals surface area contributed by atoms with E-state index in [2.05, 4.69) is 4.98 Å². The number of rotatable bonds is 5. The van der Waals surface area contributed by atoms with E-state index in [9.17, 15) is 14.7 Å². The SMILES string of the molecule is O=C(O)CN(C(=O)Cc1cccnc1)c1ccc(O)cc1. The molecule has 0 aliphatic rings. The third-order valence-electron chi connectivity index (χ3n) is 2.83. The molecule has 108 valence electrons. The predicted molar refractivity (Wildman–Crippen MR) is 76.0 cm³/mol. The summed E-state index contributed by atoms with van der Waals surface area (Å²) in [7, 11) is 0. The minimum atomic E-state index is -1.11. The first-order valence-corrected chi connectivity index (χ1v) is 6.26. The van der Waals surface area contributed by atoms with Gasteiger partial charge >= 0.3 is 5.97 Å². The molecule has 6 nitrogen and oxygen atoms in total. The maximum atomic E-state index is 12.3. The van der Waals surface area contributed by atoms with Gasteiger partial charge in [-0.15, -0.1) is 0 Å². The van der Waals surface area contributed by atoms with Crippen molar-refractivity contribution >= 4 is 17.6 Å². The number of hydrogen-bond acceptors (Lipinski definition) is 4. The van der Waals surface area contributed by atoms with Crippen molar-refractivity contribution < 1.29 is 19.8 Å². The zero-order chi connectivity index (χ0) is 15.2. The number of carbonyl (C=O) groups excluding carboxylic acids is 1. The Morgan fingerprint density at radius 2 is 1.86 bits per heavy atom. The number of carbonyl (C=O) groups is 2. The number of pyridine rings is 1. The minimum Gasteiger partial charge on any atom is -0.508 e. The molecule has 0 fully saturated rings. The van der Waals surface area contributed by atoms with Gasteiger partial charge in [-0.3, -0.25) is 14.6 Å². The van der Waals surface area contributed by atoms with E-state index in [1.165, 1.54) is 24.3 Å². The molecule has 0 saturated heterocycles. The van der Waals surface area contributed by atoms with Crippen molar-refractivity contribution in [3.05, 3.63) is 54.4 Å². The Bertz CT molecular complexity index is 626. The van der Waals surface area contributed by atoms with Gasteiger partial charge in [0.2, 0.25) is 5.91 Å². The number of aromatic hydroxyl groups is 1. The van der Waals surface area contributed by atoms with Crippen molar-refractivity contribution in [2.75, 3.05) is 11.4 Å². The number of carboxylic acids is 1. The van der Waals surface area contributed by atoms with E-state index in [-0.39, 0.29) is 18.1 Å². The summed E-state index contributed by atoms with van der Waals surface area (Å²) in [5, 5.41) is 18.2. The predicted octanol–water partition coefficient (Wildman–Crippen LogP) is 1.45. The molecule has 6 heteroatoms.